The fourth-order valence-corrected chi connectivity index (χ4v) is 2.10. The predicted octanol–water partition coefficient (Wildman–Crippen LogP) is 0.376. The molecule has 0 saturated carbocycles. The number of nitrogens with one attached hydrogen (secondary N) is 2. The van der Waals surface area contributed by atoms with Crippen LogP contribution in [0.2, 0.25) is 0 Å². The highest BCUT2D eigenvalue weighted by molar-refractivity contribution is 5.94. The van der Waals surface area contributed by atoms with E-state index in [9.17, 15) is 19.4 Å². The Morgan fingerprint density at radius 1 is 1.53 bits per heavy atom. The van der Waals surface area contributed by atoms with E-state index >= 15 is 0 Å². The first-order valence-corrected chi connectivity index (χ1v) is 6.20. The Labute approximate surface area is 110 Å². The van der Waals surface area contributed by atoms with Crippen molar-refractivity contribution < 1.29 is 19.4 Å². The Kier molecular flexibility index (Phi) is 4.01. The molecule has 1 amide bonds. The summed E-state index contributed by atoms with van der Waals surface area (Å²) in [6.07, 6.45) is 1.47. The molecule has 1 fully saturated rings. The molecule has 0 aliphatic carbocycles. The lowest BCUT2D eigenvalue weighted by Gasteiger charge is -2.32. The lowest BCUT2D eigenvalue weighted by molar-refractivity contribution is 0.0170. The van der Waals surface area contributed by atoms with E-state index in [-0.39, 0.29) is 12.1 Å². The number of carbonyl (C=O) groups is 1. The number of amides is 1. The monoisotopic (exact) mass is 268 g/mol. The van der Waals surface area contributed by atoms with Crippen molar-refractivity contribution in [2.75, 3.05) is 19.6 Å². The van der Waals surface area contributed by atoms with Crippen LogP contribution in [0.5, 0.6) is 5.75 Å². The predicted molar refractivity (Wildman–Crippen MR) is 67.5 cm³/mol. The molecule has 4 N–H and O–H groups in total. The minimum atomic E-state index is -0.948. The van der Waals surface area contributed by atoms with E-state index in [0.717, 1.165) is 25.1 Å². The smallest absolute Gasteiger partial charge is 0.251 e. The van der Waals surface area contributed by atoms with Gasteiger partial charge in [-0.15, -0.1) is 0 Å². The number of carbonyl (C=O) groups excluding carboxylic acids is 1. The quantitative estimate of drug-likeness (QED) is 0.638. The minimum Gasteiger partial charge on any atom is -0.505 e. The van der Waals surface area contributed by atoms with Crippen LogP contribution in [0.3, 0.4) is 0 Å². The zero-order valence-corrected chi connectivity index (χ0v) is 10.4. The highest BCUT2D eigenvalue weighted by Crippen LogP contribution is 2.17. The molecule has 1 aliphatic rings. The van der Waals surface area contributed by atoms with Crippen LogP contribution in [0.25, 0.3) is 0 Å². The lowest BCUT2D eigenvalue weighted by atomic mass is 9.94. The zero-order chi connectivity index (χ0) is 13.9. The molecule has 0 aromatic heterocycles. The summed E-state index contributed by atoms with van der Waals surface area (Å²) in [5.74, 6) is -1.79. The van der Waals surface area contributed by atoms with Crippen molar-refractivity contribution in [3.8, 4) is 5.75 Å². The summed E-state index contributed by atoms with van der Waals surface area (Å²) in [6, 6.07) is 3.38. The first kappa shape index (κ1) is 13.8. The van der Waals surface area contributed by atoms with Crippen LogP contribution in [0, 0.1) is 5.82 Å². The number of piperidine rings is 1. The topological polar surface area (TPSA) is 81.6 Å². The van der Waals surface area contributed by atoms with E-state index in [1.807, 2.05) is 0 Å². The fourth-order valence-electron chi connectivity index (χ4n) is 2.10. The summed E-state index contributed by atoms with van der Waals surface area (Å²) in [5, 5.41) is 25.0. The minimum absolute atomic E-state index is 0.122. The number of hydrogen-bond donors (Lipinski definition) is 4. The van der Waals surface area contributed by atoms with Crippen molar-refractivity contribution in [2.45, 2.75) is 18.4 Å². The SMILES string of the molecule is O=C(NCC1(O)CCCNC1)c1ccc(F)c(O)c1. The molecule has 1 aromatic carbocycles. The van der Waals surface area contributed by atoms with Crippen LogP contribution in [-0.4, -0.2) is 41.4 Å². The summed E-state index contributed by atoms with van der Waals surface area (Å²) in [6.45, 7) is 1.42. The molecule has 104 valence electrons. The van der Waals surface area contributed by atoms with Gasteiger partial charge in [-0.2, -0.15) is 0 Å². The van der Waals surface area contributed by atoms with E-state index < -0.39 is 23.1 Å². The average molecular weight is 268 g/mol. The summed E-state index contributed by atoms with van der Waals surface area (Å²) < 4.78 is 12.9. The molecule has 0 spiro atoms. The number of hydrogen-bond acceptors (Lipinski definition) is 4. The molecule has 1 aromatic rings. The van der Waals surface area contributed by atoms with Crippen molar-refractivity contribution in [3.63, 3.8) is 0 Å². The first-order valence-electron chi connectivity index (χ1n) is 6.20. The molecule has 19 heavy (non-hydrogen) atoms. The standard InChI is InChI=1S/C13H17FN2O3/c14-10-3-2-9(6-11(10)17)12(18)16-8-13(19)4-1-5-15-7-13/h2-3,6,15,17,19H,1,4-5,7-8H2,(H,16,18). The van der Waals surface area contributed by atoms with Gasteiger partial charge in [-0.3, -0.25) is 4.79 Å². The maximum atomic E-state index is 12.9. The average Bonchev–Trinajstić information content (AvgIpc) is 2.40. The van der Waals surface area contributed by atoms with Gasteiger partial charge in [-0.05, 0) is 37.6 Å². The van der Waals surface area contributed by atoms with E-state index in [1.165, 1.54) is 6.07 Å². The molecule has 1 aliphatic heterocycles. The largest absolute Gasteiger partial charge is 0.505 e. The van der Waals surface area contributed by atoms with E-state index in [1.54, 1.807) is 0 Å². The molecule has 1 saturated heterocycles. The van der Waals surface area contributed by atoms with Crippen molar-refractivity contribution in [1.82, 2.24) is 10.6 Å². The number of phenolic OH excluding ortho intramolecular Hbond substituents is 1. The molecule has 1 atom stereocenters. The van der Waals surface area contributed by atoms with Crippen molar-refractivity contribution >= 4 is 5.91 Å². The number of β-amino-alcohol motifs (C(OH)–C–C–N with tert-alkyl or cyclic N) is 1. The Morgan fingerprint density at radius 3 is 2.95 bits per heavy atom. The lowest BCUT2D eigenvalue weighted by Crippen LogP contribution is -2.52. The van der Waals surface area contributed by atoms with Gasteiger partial charge < -0.3 is 20.8 Å². The Bertz CT molecular complexity index is 473. The fraction of sp³-hybridized carbons (Fsp3) is 0.462. The van der Waals surface area contributed by atoms with Crippen molar-refractivity contribution in [1.29, 1.82) is 0 Å². The van der Waals surface area contributed by atoms with Crippen LogP contribution in [0.15, 0.2) is 18.2 Å². The summed E-state index contributed by atoms with van der Waals surface area (Å²) in [5.41, 5.74) is -0.790. The van der Waals surface area contributed by atoms with Crippen LogP contribution in [-0.2, 0) is 0 Å². The number of halogens is 1. The molecule has 6 heteroatoms. The number of benzene rings is 1. The molecule has 0 bridgehead atoms. The van der Waals surface area contributed by atoms with Gasteiger partial charge >= 0.3 is 0 Å². The number of aromatic hydroxyl groups is 1. The second kappa shape index (κ2) is 5.54. The van der Waals surface area contributed by atoms with Gasteiger partial charge in [0.05, 0.1) is 5.60 Å². The maximum Gasteiger partial charge on any atom is 0.251 e. The molecule has 0 radical (unpaired) electrons. The third-order valence-electron chi connectivity index (χ3n) is 3.24. The molecule has 1 heterocycles. The molecular weight excluding hydrogens is 251 g/mol. The number of rotatable bonds is 3. The molecule has 5 nitrogen and oxygen atoms in total. The summed E-state index contributed by atoms with van der Waals surface area (Å²) >= 11 is 0. The number of aliphatic hydroxyl groups is 1. The summed E-state index contributed by atoms with van der Waals surface area (Å²) in [7, 11) is 0. The van der Waals surface area contributed by atoms with Gasteiger partial charge in [0.1, 0.15) is 0 Å². The second-order valence-corrected chi connectivity index (χ2v) is 4.85. The Balaban J connectivity index is 1.95. The van der Waals surface area contributed by atoms with Gasteiger partial charge in [-0.25, -0.2) is 4.39 Å². The van der Waals surface area contributed by atoms with Gasteiger partial charge in [0.25, 0.3) is 5.91 Å². The maximum absolute atomic E-state index is 12.9. The van der Waals surface area contributed by atoms with Crippen LogP contribution in [0.1, 0.15) is 23.2 Å². The molecule has 1 unspecified atom stereocenters. The van der Waals surface area contributed by atoms with Crippen molar-refractivity contribution in [2.24, 2.45) is 0 Å². The third-order valence-corrected chi connectivity index (χ3v) is 3.24. The van der Waals surface area contributed by atoms with Crippen molar-refractivity contribution in [3.05, 3.63) is 29.6 Å². The first-order chi connectivity index (χ1) is 9.00. The molecule has 2 rings (SSSR count). The molecular formula is C13H17FN2O3. The number of phenols is 1. The normalized spacial score (nSPS) is 23.1. The Hall–Kier alpha value is -1.66. The summed E-state index contributed by atoms with van der Waals surface area (Å²) in [4.78, 5) is 11.8. The van der Waals surface area contributed by atoms with Crippen LogP contribution in [0.4, 0.5) is 4.39 Å². The van der Waals surface area contributed by atoms with Gasteiger partial charge in [0.2, 0.25) is 0 Å². The second-order valence-electron chi connectivity index (χ2n) is 4.85. The van der Waals surface area contributed by atoms with E-state index in [4.69, 9.17) is 0 Å². The van der Waals surface area contributed by atoms with Gasteiger partial charge in [0, 0.05) is 18.7 Å². The van der Waals surface area contributed by atoms with Gasteiger partial charge in [0.15, 0.2) is 11.6 Å². The van der Waals surface area contributed by atoms with E-state index in [0.29, 0.717) is 13.0 Å². The Morgan fingerprint density at radius 2 is 2.32 bits per heavy atom. The van der Waals surface area contributed by atoms with Crippen LogP contribution < -0.4 is 10.6 Å². The van der Waals surface area contributed by atoms with Gasteiger partial charge in [-0.1, -0.05) is 0 Å². The zero-order valence-electron chi connectivity index (χ0n) is 10.4. The highest BCUT2D eigenvalue weighted by Gasteiger charge is 2.29. The van der Waals surface area contributed by atoms with E-state index in [2.05, 4.69) is 10.6 Å². The van der Waals surface area contributed by atoms with Crippen LogP contribution >= 0.6 is 0 Å². The highest BCUT2D eigenvalue weighted by atomic mass is 19.1. The third kappa shape index (κ3) is 3.42.